The van der Waals surface area contributed by atoms with E-state index < -0.39 is 0 Å². The Morgan fingerprint density at radius 2 is 1.84 bits per heavy atom. The van der Waals surface area contributed by atoms with Crippen molar-refractivity contribution < 1.29 is 14.3 Å². The third-order valence-electron chi connectivity index (χ3n) is 6.24. The highest BCUT2D eigenvalue weighted by molar-refractivity contribution is 5.76. The standard InChI is InChI=1S/C23H31N5O3/c1-30-18-6-7-19(21(17-18)31-2)20-5-3-11-26(20)12-8-22(29)27-13-15-28(16-14-27)23-24-9-4-10-25-23/h4,6-7,9-10,17,20H,3,5,8,11-16H2,1-2H3. The molecule has 3 heterocycles. The van der Waals surface area contributed by atoms with Gasteiger partial charge in [0.05, 0.1) is 14.2 Å². The van der Waals surface area contributed by atoms with Gasteiger partial charge < -0.3 is 19.3 Å². The largest absolute Gasteiger partial charge is 0.497 e. The van der Waals surface area contributed by atoms with Crippen LogP contribution in [-0.2, 0) is 4.79 Å². The number of likely N-dealkylation sites (tertiary alicyclic amines) is 1. The quantitative estimate of drug-likeness (QED) is 0.674. The number of methoxy groups -OCH3 is 2. The van der Waals surface area contributed by atoms with Crippen LogP contribution in [0.2, 0.25) is 0 Å². The summed E-state index contributed by atoms with van der Waals surface area (Å²) in [6, 6.07) is 8.10. The first-order chi connectivity index (χ1) is 15.2. The van der Waals surface area contributed by atoms with Gasteiger partial charge in [0.1, 0.15) is 11.5 Å². The molecule has 4 rings (SSSR count). The molecule has 1 aromatic carbocycles. The molecule has 0 N–H and O–H groups in total. The maximum atomic E-state index is 12.9. The van der Waals surface area contributed by atoms with E-state index in [-0.39, 0.29) is 11.9 Å². The monoisotopic (exact) mass is 425 g/mol. The Bertz CT molecular complexity index is 871. The summed E-state index contributed by atoms with van der Waals surface area (Å²) in [6.45, 7) is 4.74. The number of anilines is 1. The highest BCUT2D eigenvalue weighted by atomic mass is 16.5. The number of nitrogens with zero attached hydrogens (tertiary/aromatic N) is 5. The minimum absolute atomic E-state index is 0.223. The summed E-state index contributed by atoms with van der Waals surface area (Å²) in [5, 5.41) is 0. The fourth-order valence-corrected chi connectivity index (χ4v) is 4.55. The molecule has 1 unspecified atom stereocenters. The maximum Gasteiger partial charge on any atom is 0.225 e. The van der Waals surface area contributed by atoms with Crippen LogP contribution in [-0.4, -0.2) is 79.2 Å². The van der Waals surface area contributed by atoms with Crippen LogP contribution >= 0.6 is 0 Å². The lowest BCUT2D eigenvalue weighted by atomic mass is 10.0. The van der Waals surface area contributed by atoms with E-state index in [1.807, 2.05) is 23.1 Å². The SMILES string of the molecule is COc1ccc(C2CCCN2CCC(=O)N2CCN(c3ncccn3)CC2)c(OC)c1. The van der Waals surface area contributed by atoms with E-state index in [1.165, 1.54) is 5.56 Å². The number of hydrogen-bond acceptors (Lipinski definition) is 7. The van der Waals surface area contributed by atoms with Crippen molar-refractivity contribution in [3.05, 3.63) is 42.2 Å². The zero-order valence-corrected chi connectivity index (χ0v) is 18.4. The first-order valence-electron chi connectivity index (χ1n) is 11.0. The summed E-state index contributed by atoms with van der Waals surface area (Å²) < 4.78 is 10.9. The molecule has 0 spiro atoms. The number of aromatic nitrogens is 2. The molecule has 2 aliphatic rings. The van der Waals surface area contributed by atoms with Gasteiger partial charge in [0.25, 0.3) is 0 Å². The summed E-state index contributed by atoms with van der Waals surface area (Å²) in [5.74, 6) is 2.60. The second kappa shape index (κ2) is 9.96. The third-order valence-corrected chi connectivity index (χ3v) is 6.24. The average molecular weight is 426 g/mol. The number of benzene rings is 1. The van der Waals surface area contributed by atoms with E-state index in [4.69, 9.17) is 9.47 Å². The van der Waals surface area contributed by atoms with Crippen LogP contribution in [0.25, 0.3) is 0 Å². The molecule has 2 saturated heterocycles. The summed E-state index contributed by atoms with van der Waals surface area (Å²) in [5.41, 5.74) is 1.17. The molecule has 0 bridgehead atoms. The maximum absolute atomic E-state index is 12.9. The Morgan fingerprint density at radius 3 is 2.55 bits per heavy atom. The van der Waals surface area contributed by atoms with E-state index in [9.17, 15) is 4.79 Å². The molecule has 8 nitrogen and oxygen atoms in total. The van der Waals surface area contributed by atoms with Crippen LogP contribution in [0.15, 0.2) is 36.7 Å². The Labute approximate surface area is 183 Å². The number of piperazine rings is 1. The lowest BCUT2D eigenvalue weighted by Crippen LogP contribution is -2.49. The van der Waals surface area contributed by atoms with Crippen LogP contribution in [0.4, 0.5) is 5.95 Å². The summed E-state index contributed by atoms with van der Waals surface area (Å²) in [7, 11) is 3.36. The molecule has 1 atom stereocenters. The molecule has 0 aliphatic carbocycles. The molecule has 31 heavy (non-hydrogen) atoms. The molecule has 166 valence electrons. The minimum Gasteiger partial charge on any atom is -0.497 e. The number of rotatable bonds is 7. The van der Waals surface area contributed by atoms with Crippen LogP contribution < -0.4 is 14.4 Å². The zero-order chi connectivity index (χ0) is 21.6. The fourth-order valence-electron chi connectivity index (χ4n) is 4.55. The van der Waals surface area contributed by atoms with E-state index >= 15 is 0 Å². The number of hydrogen-bond donors (Lipinski definition) is 0. The van der Waals surface area contributed by atoms with Crippen molar-refractivity contribution in [2.24, 2.45) is 0 Å². The molecule has 2 aliphatic heterocycles. The number of carbonyl (C=O) groups is 1. The van der Waals surface area contributed by atoms with Gasteiger partial charge in [-0.05, 0) is 31.5 Å². The molecule has 1 amide bonds. The van der Waals surface area contributed by atoms with Crippen molar-refractivity contribution in [2.75, 3.05) is 58.4 Å². The van der Waals surface area contributed by atoms with Crippen LogP contribution in [0.1, 0.15) is 30.9 Å². The van der Waals surface area contributed by atoms with Crippen LogP contribution in [0, 0.1) is 0 Å². The van der Waals surface area contributed by atoms with Crippen molar-refractivity contribution in [1.82, 2.24) is 19.8 Å². The second-order valence-electron chi connectivity index (χ2n) is 7.97. The van der Waals surface area contributed by atoms with Gasteiger partial charge in [0.15, 0.2) is 0 Å². The predicted octanol–water partition coefficient (Wildman–Crippen LogP) is 2.37. The van der Waals surface area contributed by atoms with Crippen molar-refractivity contribution in [2.45, 2.75) is 25.3 Å². The van der Waals surface area contributed by atoms with Crippen molar-refractivity contribution >= 4 is 11.9 Å². The predicted molar refractivity (Wildman–Crippen MR) is 119 cm³/mol. The van der Waals surface area contributed by atoms with Crippen LogP contribution in [0.3, 0.4) is 0 Å². The van der Waals surface area contributed by atoms with Gasteiger partial charge in [-0.15, -0.1) is 0 Å². The molecule has 8 heteroatoms. The molecule has 2 aromatic rings. The summed E-state index contributed by atoms with van der Waals surface area (Å²) in [6.07, 6.45) is 6.25. The van der Waals surface area contributed by atoms with E-state index in [0.717, 1.165) is 56.5 Å². The summed E-state index contributed by atoms with van der Waals surface area (Å²) in [4.78, 5) is 28.0. The average Bonchev–Trinajstić information content (AvgIpc) is 3.31. The Morgan fingerprint density at radius 1 is 1.06 bits per heavy atom. The first-order valence-corrected chi connectivity index (χ1v) is 11.0. The van der Waals surface area contributed by atoms with Gasteiger partial charge in [-0.2, -0.15) is 0 Å². The van der Waals surface area contributed by atoms with Gasteiger partial charge >= 0.3 is 0 Å². The van der Waals surface area contributed by atoms with Gasteiger partial charge in [0, 0.05) is 69.2 Å². The van der Waals surface area contributed by atoms with Crippen molar-refractivity contribution in [3.8, 4) is 11.5 Å². The highest BCUT2D eigenvalue weighted by Crippen LogP contribution is 2.38. The molecule has 1 aromatic heterocycles. The Hall–Kier alpha value is -2.87. The fraction of sp³-hybridized carbons (Fsp3) is 0.522. The van der Waals surface area contributed by atoms with E-state index in [0.29, 0.717) is 19.5 Å². The third kappa shape index (κ3) is 4.90. The molecular weight excluding hydrogens is 394 g/mol. The number of carbonyl (C=O) groups excluding carboxylic acids is 1. The van der Waals surface area contributed by atoms with Crippen molar-refractivity contribution in [3.63, 3.8) is 0 Å². The lowest BCUT2D eigenvalue weighted by Gasteiger charge is -2.35. The molecular formula is C23H31N5O3. The van der Waals surface area contributed by atoms with E-state index in [1.54, 1.807) is 26.6 Å². The number of ether oxygens (including phenoxy) is 2. The molecule has 0 radical (unpaired) electrons. The van der Waals surface area contributed by atoms with Crippen LogP contribution in [0.5, 0.6) is 11.5 Å². The summed E-state index contributed by atoms with van der Waals surface area (Å²) >= 11 is 0. The minimum atomic E-state index is 0.223. The molecule has 2 fully saturated rings. The first kappa shape index (κ1) is 21.4. The van der Waals surface area contributed by atoms with Gasteiger partial charge in [0.2, 0.25) is 11.9 Å². The molecule has 0 saturated carbocycles. The zero-order valence-electron chi connectivity index (χ0n) is 18.4. The van der Waals surface area contributed by atoms with Gasteiger partial charge in [-0.25, -0.2) is 9.97 Å². The van der Waals surface area contributed by atoms with Crippen molar-refractivity contribution in [1.29, 1.82) is 0 Å². The number of amides is 1. The van der Waals surface area contributed by atoms with E-state index in [2.05, 4.69) is 25.8 Å². The van der Waals surface area contributed by atoms with Gasteiger partial charge in [-0.1, -0.05) is 6.07 Å². The smallest absolute Gasteiger partial charge is 0.225 e. The topological polar surface area (TPSA) is 71.0 Å². The second-order valence-corrected chi connectivity index (χ2v) is 7.97. The Kier molecular flexibility index (Phi) is 6.86. The van der Waals surface area contributed by atoms with Gasteiger partial charge in [-0.3, -0.25) is 9.69 Å². The normalized spacial score (nSPS) is 19.5. The lowest BCUT2D eigenvalue weighted by molar-refractivity contribution is -0.131. The Balaban J connectivity index is 1.31. The highest BCUT2D eigenvalue weighted by Gasteiger charge is 2.30.